The van der Waals surface area contributed by atoms with Crippen LogP contribution in [0.2, 0.25) is 10.0 Å². The molecule has 0 bridgehead atoms. The van der Waals surface area contributed by atoms with Gasteiger partial charge in [-0.2, -0.15) is 0 Å². The van der Waals surface area contributed by atoms with Crippen LogP contribution in [0.3, 0.4) is 0 Å². The van der Waals surface area contributed by atoms with Crippen molar-refractivity contribution in [2.24, 2.45) is 5.73 Å². The van der Waals surface area contributed by atoms with E-state index in [4.69, 9.17) is 42.9 Å². The molecule has 2 saturated carbocycles. The highest BCUT2D eigenvalue weighted by atomic mass is 35.5. The minimum atomic E-state index is -0.718. The predicted molar refractivity (Wildman–Crippen MR) is 105 cm³/mol. The van der Waals surface area contributed by atoms with Gasteiger partial charge in [-0.3, -0.25) is 0 Å². The van der Waals surface area contributed by atoms with Crippen molar-refractivity contribution in [1.82, 2.24) is 5.16 Å². The van der Waals surface area contributed by atoms with Gasteiger partial charge in [-0.15, -0.1) is 0 Å². The molecular formula is C20H22Cl2N2O4. The number of hydrogen-bond donors (Lipinski definition) is 1. The number of nitrogens with zero attached hydrogens (tertiary/aromatic N) is 1. The molecular weight excluding hydrogens is 403 g/mol. The molecule has 8 heteroatoms. The van der Waals surface area contributed by atoms with Crippen LogP contribution in [-0.4, -0.2) is 23.5 Å². The number of hydrogen-bond acceptors (Lipinski definition) is 5. The summed E-state index contributed by atoms with van der Waals surface area (Å²) in [6, 6.07) is 5.39. The van der Waals surface area contributed by atoms with Crippen LogP contribution in [0.25, 0.3) is 11.3 Å². The maximum absolute atomic E-state index is 10.9. The third-order valence-corrected chi connectivity index (χ3v) is 5.96. The van der Waals surface area contributed by atoms with Gasteiger partial charge >= 0.3 is 6.09 Å². The van der Waals surface area contributed by atoms with Crippen molar-refractivity contribution >= 4 is 29.3 Å². The van der Waals surface area contributed by atoms with Crippen LogP contribution in [0.5, 0.6) is 0 Å². The summed E-state index contributed by atoms with van der Waals surface area (Å²) in [7, 11) is 0. The van der Waals surface area contributed by atoms with Gasteiger partial charge in [0.05, 0.1) is 22.8 Å². The molecule has 150 valence electrons. The first-order chi connectivity index (χ1) is 13.5. The Bertz CT molecular complexity index is 838. The average molecular weight is 425 g/mol. The van der Waals surface area contributed by atoms with E-state index in [0.717, 1.165) is 49.8 Å². The van der Waals surface area contributed by atoms with Gasteiger partial charge in [-0.05, 0) is 50.7 Å². The van der Waals surface area contributed by atoms with Gasteiger partial charge in [0.25, 0.3) is 0 Å². The molecule has 0 atom stereocenters. The van der Waals surface area contributed by atoms with Crippen LogP contribution in [0.1, 0.15) is 55.8 Å². The molecule has 28 heavy (non-hydrogen) atoms. The molecule has 2 aromatic rings. The van der Waals surface area contributed by atoms with Crippen LogP contribution < -0.4 is 5.73 Å². The number of amides is 1. The number of aromatic nitrogens is 1. The quantitative estimate of drug-likeness (QED) is 0.665. The van der Waals surface area contributed by atoms with Crippen LogP contribution in [0, 0.1) is 0 Å². The van der Waals surface area contributed by atoms with Crippen molar-refractivity contribution in [2.45, 2.75) is 63.3 Å². The lowest BCUT2D eigenvalue weighted by atomic mass is 9.95. The zero-order chi connectivity index (χ0) is 19.7. The number of benzene rings is 1. The van der Waals surface area contributed by atoms with E-state index in [1.54, 1.807) is 18.2 Å². The third-order valence-electron chi connectivity index (χ3n) is 5.33. The van der Waals surface area contributed by atoms with Gasteiger partial charge in [-0.1, -0.05) is 34.4 Å². The van der Waals surface area contributed by atoms with Gasteiger partial charge in [0.1, 0.15) is 17.6 Å². The van der Waals surface area contributed by atoms with E-state index in [1.807, 2.05) is 0 Å². The van der Waals surface area contributed by atoms with E-state index in [-0.39, 0.29) is 12.2 Å². The summed E-state index contributed by atoms with van der Waals surface area (Å²) >= 11 is 12.8. The molecule has 2 aliphatic rings. The van der Waals surface area contributed by atoms with Crippen LogP contribution in [0.4, 0.5) is 4.79 Å². The molecule has 0 aliphatic heterocycles. The third kappa shape index (κ3) is 4.29. The zero-order valence-corrected chi connectivity index (χ0v) is 16.8. The number of carbonyl (C=O) groups is 1. The summed E-state index contributed by atoms with van der Waals surface area (Å²) in [5.41, 5.74) is 7.36. The molecule has 2 N–H and O–H groups in total. The Kier molecular flexibility index (Phi) is 5.80. The minimum Gasteiger partial charge on any atom is -0.446 e. The summed E-state index contributed by atoms with van der Waals surface area (Å²) in [4.78, 5) is 10.9. The molecule has 0 unspecified atom stereocenters. The second-order valence-electron chi connectivity index (χ2n) is 7.39. The lowest BCUT2D eigenvalue weighted by molar-refractivity contribution is -0.0158. The second kappa shape index (κ2) is 8.31. The van der Waals surface area contributed by atoms with E-state index < -0.39 is 6.09 Å². The van der Waals surface area contributed by atoms with Crippen molar-refractivity contribution in [2.75, 3.05) is 0 Å². The summed E-state index contributed by atoms with van der Waals surface area (Å²) in [6.45, 7) is 0.387. The number of halogens is 2. The first-order valence-corrected chi connectivity index (χ1v) is 10.3. The Morgan fingerprint density at radius 2 is 1.75 bits per heavy atom. The fourth-order valence-electron chi connectivity index (χ4n) is 3.73. The van der Waals surface area contributed by atoms with Gasteiger partial charge < -0.3 is 19.7 Å². The highest BCUT2D eigenvalue weighted by Crippen LogP contribution is 2.46. The van der Waals surface area contributed by atoms with E-state index in [2.05, 4.69) is 5.16 Å². The molecule has 1 aromatic carbocycles. The van der Waals surface area contributed by atoms with Crippen molar-refractivity contribution in [3.63, 3.8) is 0 Å². The summed E-state index contributed by atoms with van der Waals surface area (Å²) < 4.78 is 16.9. The lowest BCUT2D eigenvalue weighted by Gasteiger charge is -2.27. The molecule has 2 aliphatic carbocycles. The normalized spacial score (nSPS) is 22.2. The van der Waals surface area contributed by atoms with Crippen molar-refractivity contribution < 1.29 is 18.8 Å². The molecule has 0 radical (unpaired) electrons. The van der Waals surface area contributed by atoms with E-state index in [1.165, 1.54) is 0 Å². The van der Waals surface area contributed by atoms with E-state index in [9.17, 15) is 4.79 Å². The Morgan fingerprint density at radius 3 is 2.36 bits per heavy atom. The molecule has 1 heterocycles. The fourth-order valence-corrected chi connectivity index (χ4v) is 4.31. The Balaban J connectivity index is 1.49. The number of carbonyl (C=O) groups excluding carboxylic acids is 1. The lowest BCUT2D eigenvalue weighted by Crippen LogP contribution is -2.30. The monoisotopic (exact) mass is 424 g/mol. The molecule has 2 fully saturated rings. The number of primary amides is 1. The molecule has 6 nitrogen and oxygen atoms in total. The molecule has 1 amide bonds. The van der Waals surface area contributed by atoms with Gasteiger partial charge in [0.2, 0.25) is 0 Å². The van der Waals surface area contributed by atoms with E-state index in [0.29, 0.717) is 33.8 Å². The highest BCUT2D eigenvalue weighted by Gasteiger charge is 2.34. The van der Waals surface area contributed by atoms with Crippen molar-refractivity contribution in [3.8, 4) is 11.3 Å². The van der Waals surface area contributed by atoms with Gasteiger partial charge in [-0.25, -0.2) is 4.79 Å². The maximum Gasteiger partial charge on any atom is 0.404 e. The average Bonchev–Trinajstić information content (AvgIpc) is 3.42. The van der Waals surface area contributed by atoms with Crippen molar-refractivity contribution in [3.05, 3.63) is 39.6 Å². The number of ether oxygens (including phenoxy) is 2. The first-order valence-electron chi connectivity index (χ1n) is 9.53. The number of nitrogens with two attached hydrogens (primary N) is 1. The molecule has 1 aromatic heterocycles. The molecule has 0 saturated heterocycles. The molecule has 4 rings (SSSR count). The summed E-state index contributed by atoms with van der Waals surface area (Å²) in [5.74, 6) is 1.26. The maximum atomic E-state index is 10.9. The van der Waals surface area contributed by atoms with Crippen LogP contribution in [-0.2, 0) is 16.1 Å². The SMILES string of the molecule is NC(=O)OC1CCC(OCc2c(-c3c(Cl)cccc3Cl)noc2C2CC2)CC1. The molecule has 0 spiro atoms. The number of rotatable bonds is 6. The van der Waals surface area contributed by atoms with E-state index >= 15 is 0 Å². The smallest absolute Gasteiger partial charge is 0.404 e. The Hall–Kier alpha value is -1.76. The van der Waals surface area contributed by atoms with Gasteiger partial charge in [0.15, 0.2) is 0 Å². The summed E-state index contributed by atoms with van der Waals surface area (Å²) in [5, 5.41) is 5.35. The highest BCUT2D eigenvalue weighted by molar-refractivity contribution is 6.39. The minimum absolute atomic E-state index is 0.0873. The zero-order valence-electron chi connectivity index (χ0n) is 15.3. The van der Waals surface area contributed by atoms with Gasteiger partial charge in [0, 0.05) is 17.0 Å². The topological polar surface area (TPSA) is 87.6 Å². The predicted octanol–water partition coefficient (Wildman–Crippen LogP) is 5.45. The standard InChI is InChI=1S/C20H22Cl2N2O4/c21-15-2-1-3-16(22)17(15)18-14(19(28-24-18)11-4-5-11)10-26-12-6-8-13(9-7-12)27-20(23)25/h1-3,11-13H,4-10H2,(H2,23,25). The van der Waals surface area contributed by atoms with Crippen molar-refractivity contribution in [1.29, 1.82) is 0 Å². The van der Waals surface area contributed by atoms with Crippen LogP contribution >= 0.6 is 23.2 Å². The first kappa shape index (κ1) is 19.6. The van der Waals surface area contributed by atoms with Crippen LogP contribution in [0.15, 0.2) is 22.7 Å². The summed E-state index contributed by atoms with van der Waals surface area (Å²) in [6.07, 6.45) is 4.54. The largest absolute Gasteiger partial charge is 0.446 e. The fraction of sp³-hybridized carbons (Fsp3) is 0.500. The second-order valence-corrected chi connectivity index (χ2v) is 8.21. The Morgan fingerprint density at radius 1 is 1.11 bits per heavy atom. The Labute approximate surface area is 173 Å².